The van der Waals surface area contributed by atoms with Crippen molar-refractivity contribution in [2.75, 3.05) is 18.4 Å². The molecule has 2 N–H and O–H groups in total. The van der Waals surface area contributed by atoms with Crippen LogP contribution in [0.2, 0.25) is 0 Å². The van der Waals surface area contributed by atoms with E-state index in [1.165, 1.54) is 27.7 Å². The van der Waals surface area contributed by atoms with E-state index in [-0.39, 0.29) is 5.91 Å². The number of nitrogens with one attached hydrogen (secondary N) is 2. The molecule has 0 bridgehead atoms. The minimum Gasteiger partial charge on any atom is -0.486 e. The van der Waals surface area contributed by atoms with Gasteiger partial charge in [-0.15, -0.1) is 11.3 Å². The minimum atomic E-state index is -0.101. The van der Waals surface area contributed by atoms with E-state index >= 15 is 0 Å². The van der Waals surface area contributed by atoms with E-state index in [2.05, 4.69) is 39.9 Å². The Morgan fingerprint density at radius 1 is 0.968 bits per heavy atom. The van der Waals surface area contributed by atoms with Crippen molar-refractivity contribution in [3.05, 3.63) is 87.9 Å². The number of carbonyl (C=O) groups is 1. The van der Waals surface area contributed by atoms with Crippen molar-refractivity contribution in [1.82, 2.24) is 10.3 Å². The molecule has 0 fully saturated rings. The molecule has 1 aromatic heterocycles. The van der Waals surface area contributed by atoms with Gasteiger partial charge in [-0.2, -0.15) is 0 Å². The number of nitrogens with zero attached hydrogens (tertiary/aromatic N) is 1. The highest BCUT2D eigenvalue weighted by atomic mass is 32.1. The van der Waals surface area contributed by atoms with Gasteiger partial charge in [-0.1, -0.05) is 54.1 Å². The zero-order valence-electron chi connectivity index (χ0n) is 17.6. The second kappa shape index (κ2) is 9.62. The van der Waals surface area contributed by atoms with Crippen molar-refractivity contribution in [2.45, 2.75) is 20.5 Å². The first-order chi connectivity index (χ1) is 15.1. The Hall–Kier alpha value is -3.38. The average Bonchev–Trinajstić information content (AvgIpc) is 3.17. The highest BCUT2D eigenvalue weighted by Crippen LogP contribution is 2.23. The third-order valence-electron chi connectivity index (χ3n) is 4.95. The van der Waals surface area contributed by atoms with E-state index in [0.29, 0.717) is 24.6 Å². The van der Waals surface area contributed by atoms with Gasteiger partial charge in [0.2, 0.25) is 0 Å². The zero-order valence-corrected chi connectivity index (χ0v) is 18.5. The molecule has 0 saturated heterocycles. The molecule has 1 heterocycles. The standard InChI is InChI=1S/C25H25N3O2S/c1-17-10-12-20(13-11-17)30-16-23-28-18(2)24(31-23)25(29)27-15-14-26-22-9-5-7-19-6-3-4-8-21(19)22/h3-13,26H,14-16H2,1-2H3,(H,27,29). The summed E-state index contributed by atoms with van der Waals surface area (Å²) in [6, 6.07) is 22.3. The summed E-state index contributed by atoms with van der Waals surface area (Å²) in [5, 5.41) is 9.54. The van der Waals surface area contributed by atoms with Gasteiger partial charge < -0.3 is 15.4 Å². The van der Waals surface area contributed by atoms with Crippen LogP contribution in [0.4, 0.5) is 5.69 Å². The van der Waals surface area contributed by atoms with Crippen LogP contribution in [0, 0.1) is 13.8 Å². The van der Waals surface area contributed by atoms with Crippen LogP contribution in [0.5, 0.6) is 5.75 Å². The van der Waals surface area contributed by atoms with E-state index < -0.39 is 0 Å². The number of fused-ring (bicyclic) bond motifs is 1. The smallest absolute Gasteiger partial charge is 0.263 e. The first kappa shape index (κ1) is 20.9. The average molecular weight is 432 g/mol. The van der Waals surface area contributed by atoms with Gasteiger partial charge in [-0.25, -0.2) is 4.98 Å². The van der Waals surface area contributed by atoms with Gasteiger partial charge in [0.15, 0.2) is 0 Å². The Kier molecular flexibility index (Phi) is 6.48. The number of hydrogen-bond acceptors (Lipinski definition) is 5. The number of rotatable bonds is 8. The van der Waals surface area contributed by atoms with Gasteiger partial charge in [0, 0.05) is 24.2 Å². The van der Waals surface area contributed by atoms with Crippen LogP contribution in [0.25, 0.3) is 10.8 Å². The molecule has 6 heteroatoms. The number of hydrogen-bond donors (Lipinski definition) is 2. The summed E-state index contributed by atoms with van der Waals surface area (Å²) in [6.07, 6.45) is 0. The third kappa shape index (κ3) is 5.22. The van der Waals surface area contributed by atoms with Gasteiger partial charge in [-0.05, 0) is 37.4 Å². The van der Waals surface area contributed by atoms with E-state index in [0.717, 1.165) is 22.1 Å². The van der Waals surface area contributed by atoms with E-state index in [9.17, 15) is 4.79 Å². The maximum atomic E-state index is 12.6. The van der Waals surface area contributed by atoms with Crippen molar-refractivity contribution in [3.63, 3.8) is 0 Å². The second-order valence-electron chi connectivity index (χ2n) is 7.33. The summed E-state index contributed by atoms with van der Waals surface area (Å²) >= 11 is 1.38. The lowest BCUT2D eigenvalue weighted by atomic mass is 10.1. The molecule has 3 aromatic carbocycles. The molecule has 4 rings (SSSR count). The fraction of sp³-hybridized carbons (Fsp3) is 0.200. The summed E-state index contributed by atoms with van der Waals surface area (Å²) in [5.74, 6) is 0.695. The highest BCUT2D eigenvalue weighted by Gasteiger charge is 2.15. The van der Waals surface area contributed by atoms with Crippen molar-refractivity contribution < 1.29 is 9.53 Å². The molecule has 0 aliphatic rings. The molecular formula is C25H25N3O2S. The van der Waals surface area contributed by atoms with Crippen LogP contribution in [-0.4, -0.2) is 24.0 Å². The van der Waals surface area contributed by atoms with Crippen molar-refractivity contribution in [3.8, 4) is 5.75 Å². The molecule has 0 atom stereocenters. The molecule has 1 amide bonds. The van der Waals surface area contributed by atoms with Crippen molar-refractivity contribution >= 4 is 33.7 Å². The van der Waals surface area contributed by atoms with Gasteiger partial charge >= 0.3 is 0 Å². The largest absolute Gasteiger partial charge is 0.486 e. The topological polar surface area (TPSA) is 63.2 Å². The molecule has 0 unspecified atom stereocenters. The quantitative estimate of drug-likeness (QED) is 0.370. The monoisotopic (exact) mass is 431 g/mol. The summed E-state index contributed by atoms with van der Waals surface area (Å²) in [7, 11) is 0. The van der Waals surface area contributed by atoms with E-state index in [4.69, 9.17) is 4.74 Å². The summed E-state index contributed by atoms with van der Waals surface area (Å²) < 4.78 is 5.78. The predicted molar refractivity (Wildman–Crippen MR) is 127 cm³/mol. The fourth-order valence-electron chi connectivity index (χ4n) is 3.34. The predicted octanol–water partition coefficient (Wildman–Crippen LogP) is 5.33. The van der Waals surface area contributed by atoms with Gasteiger partial charge in [0.05, 0.1) is 5.69 Å². The normalized spacial score (nSPS) is 10.8. The summed E-state index contributed by atoms with van der Waals surface area (Å²) in [4.78, 5) is 17.7. The van der Waals surface area contributed by atoms with Crippen molar-refractivity contribution in [1.29, 1.82) is 0 Å². The Bertz CT molecular complexity index is 1180. The Labute approximate surface area is 186 Å². The minimum absolute atomic E-state index is 0.101. The number of aryl methyl sites for hydroxylation is 2. The number of thiazole rings is 1. The Morgan fingerprint density at radius 3 is 2.58 bits per heavy atom. The van der Waals surface area contributed by atoms with Gasteiger partial charge in [0.25, 0.3) is 5.91 Å². The number of anilines is 1. The zero-order chi connectivity index (χ0) is 21.6. The molecule has 158 valence electrons. The molecule has 0 spiro atoms. The second-order valence-corrected chi connectivity index (χ2v) is 8.42. The van der Waals surface area contributed by atoms with Crippen LogP contribution in [0.3, 0.4) is 0 Å². The molecule has 0 aliphatic heterocycles. The molecular weight excluding hydrogens is 406 g/mol. The fourth-order valence-corrected chi connectivity index (χ4v) is 4.23. The lowest BCUT2D eigenvalue weighted by Crippen LogP contribution is -2.28. The number of ether oxygens (including phenoxy) is 1. The molecule has 5 nitrogen and oxygen atoms in total. The first-order valence-electron chi connectivity index (χ1n) is 10.3. The highest BCUT2D eigenvalue weighted by molar-refractivity contribution is 7.13. The van der Waals surface area contributed by atoms with E-state index in [1.807, 2.05) is 56.3 Å². The number of benzene rings is 3. The maximum Gasteiger partial charge on any atom is 0.263 e. The lowest BCUT2D eigenvalue weighted by molar-refractivity contribution is 0.0958. The van der Waals surface area contributed by atoms with Gasteiger partial charge in [-0.3, -0.25) is 4.79 Å². The summed E-state index contributed by atoms with van der Waals surface area (Å²) in [6.45, 7) is 5.41. The van der Waals surface area contributed by atoms with Gasteiger partial charge in [0.1, 0.15) is 22.2 Å². The maximum absolute atomic E-state index is 12.6. The Morgan fingerprint density at radius 2 is 1.74 bits per heavy atom. The molecule has 0 radical (unpaired) electrons. The molecule has 0 aliphatic carbocycles. The summed E-state index contributed by atoms with van der Waals surface area (Å²) in [5.41, 5.74) is 2.98. The van der Waals surface area contributed by atoms with Crippen LogP contribution in [0.1, 0.15) is 25.9 Å². The molecule has 31 heavy (non-hydrogen) atoms. The van der Waals surface area contributed by atoms with Crippen LogP contribution < -0.4 is 15.4 Å². The number of carbonyl (C=O) groups excluding carboxylic acids is 1. The lowest BCUT2D eigenvalue weighted by Gasteiger charge is -2.10. The number of aromatic nitrogens is 1. The Balaban J connectivity index is 1.29. The third-order valence-corrected chi connectivity index (χ3v) is 6.08. The SMILES string of the molecule is Cc1ccc(OCc2nc(C)c(C(=O)NCCNc3cccc4ccccc34)s2)cc1. The first-order valence-corrected chi connectivity index (χ1v) is 11.1. The van der Waals surface area contributed by atoms with Crippen molar-refractivity contribution in [2.24, 2.45) is 0 Å². The van der Waals surface area contributed by atoms with Crippen LogP contribution in [-0.2, 0) is 6.61 Å². The molecule has 4 aromatic rings. The van der Waals surface area contributed by atoms with Crippen LogP contribution in [0.15, 0.2) is 66.7 Å². The van der Waals surface area contributed by atoms with E-state index in [1.54, 1.807) is 0 Å². The van der Waals surface area contributed by atoms with Crippen LogP contribution >= 0.6 is 11.3 Å². The number of amides is 1. The molecule has 0 saturated carbocycles.